The van der Waals surface area contributed by atoms with Crippen molar-refractivity contribution in [2.45, 2.75) is 31.6 Å². The Morgan fingerprint density at radius 2 is 2.16 bits per heavy atom. The Bertz CT molecular complexity index is 1160. The van der Waals surface area contributed by atoms with Gasteiger partial charge in [-0.3, -0.25) is 4.79 Å². The number of ether oxygens (including phenoxy) is 1. The summed E-state index contributed by atoms with van der Waals surface area (Å²) in [5.41, 5.74) is 15.3. The van der Waals surface area contributed by atoms with Crippen molar-refractivity contribution in [1.29, 1.82) is 0 Å². The van der Waals surface area contributed by atoms with E-state index in [-0.39, 0.29) is 11.9 Å². The molecular weight excluding hydrogens is 417 g/mol. The van der Waals surface area contributed by atoms with Gasteiger partial charge in [-0.1, -0.05) is 6.07 Å². The molecule has 1 aromatic carbocycles. The standard InChI is InChI=1S/C22H24FN5O2S/c1-11-2-5-15-19(25)20(31-22(15)26-11)21(29)27-13-6-12-3-4-14(7-18(12)30-10-13)28-8-16(23)17(24)9-28/h2-5,7,13,16-17H,6,8-10,24-25H2,1H3,(H,27,29)/t13-,16-,17-/m1/s1. The summed E-state index contributed by atoms with van der Waals surface area (Å²) in [6.45, 7) is 3.05. The molecule has 1 fully saturated rings. The van der Waals surface area contributed by atoms with Crippen LogP contribution in [0.1, 0.15) is 20.9 Å². The number of thiophene rings is 1. The third-order valence-electron chi connectivity index (χ3n) is 5.89. The van der Waals surface area contributed by atoms with Gasteiger partial charge in [0.05, 0.1) is 24.3 Å². The lowest BCUT2D eigenvalue weighted by Gasteiger charge is -2.28. The van der Waals surface area contributed by atoms with Gasteiger partial charge in [-0.25, -0.2) is 9.37 Å². The first-order valence-electron chi connectivity index (χ1n) is 10.3. The number of nitrogen functional groups attached to an aromatic ring is 1. The van der Waals surface area contributed by atoms with Crippen molar-refractivity contribution in [3.63, 3.8) is 0 Å². The van der Waals surface area contributed by atoms with Gasteiger partial charge in [-0.05, 0) is 37.1 Å². The van der Waals surface area contributed by atoms with Crippen LogP contribution in [0.15, 0.2) is 30.3 Å². The molecule has 4 heterocycles. The number of nitrogens with one attached hydrogen (secondary N) is 1. The summed E-state index contributed by atoms with van der Waals surface area (Å²) in [7, 11) is 0. The first kappa shape index (κ1) is 20.0. The number of amides is 1. The predicted octanol–water partition coefficient (Wildman–Crippen LogP) is 2.41. The highest BCUT2D eigenvalue weighted by Crippen LogP contribution is 2.34. The Kier molecular flexibility index (Phi) is 4.94. The quantitative estimate of drug-likeness (QED) is 0.576. The van der Waals surface area contributed by atoms with E-state index < -0.39 is 12.2 Å². The molecule has 2 aliphatic rings. The first-order valence-corrected chi connectivity index (χ1v) is 11.1. The number of fused-ring (bicyclic) bond motifs is 2. The van der Waals surface area contributed by atoms with Crippen molar-refractivity contribution in [1.82, 2.24) is 10.3 Å². The zero-order chi connectivity index (χ0) is 21.7. The number of carbonyl (C=O) groups is 1. The number of benzene rings is 1. The number of aromatic nitrogens is 1. The van der Waals surface area contributed by atoms with E-state index in [9.17, 15) is 9.18 Å². The Hall–Kier alpha value is -2.91. The maximum Gasteiger partial charge on any atom is 0.263 e. The summed E-state index contributed by atoms with van der Waals surface area (Å²) < 4.78 is 19.7. The van der Waals surface area contributed by atoms with Crippen LogP contribution >= 0.6 is 11.3 Å². The summed E-state index contributed by atoms with van der Waals surface area (Å²) >= 11 is 1.30. The van der Waals surface area contributed by atoms with Crippen molar-refractivity contribution in [3.05, 3.63) is 46.5 Å². The second-order valence-electron chi connectivity index (χ2n) is 8.21. The first-order chi connectivity index (χ1) is 14.9. The zero-order valence-electron chi connectivity index (χ0n) is 17.1. The highest BCUT2D eigenvalue weighted by atomic mass is 32.1. The highest BCUT2D eigenvalue weighted by Gasteiger charge is 2.31. The molecule has 0 bridgehead atoms. The van der Waals surface area contributed by atoms with Gasteiger partial charge in [0.1, 0.15) is 28.2 Å². The van der Waals surface area contributed by atoms with Gasteiger partial charge in [0.15, 0.2) is 0 Å². The summed E-state index contributed by atoms with van der Waals surface area (Å²) in [6.07, 6.45) is -0.369. The van der Waals surface area contributed by atoms with Crippen LogP contribution in [0.25, 0.3) is 10.2 Å². The minimum atomic E-state index is -1.02. The third-order valence-corrected chi connectivity index (χ3v) is 7.00. The molecule has 2 aromatic heterocycles. The number of aryl methyl sites for hydroxylation is 1. The average Bonchev–Trinajstić information content (AvgIpc) is 3.26. The minimum Gasteiger partial charge on any atom is -0.491 e. The third kappa shape index (κ3) is 3.68. The van der Waals surface area contributed by atoms with Crippen molar-refractivity contribution in [2.24, 2.45) is 5.73 Å². The summed E-state index contributed by atoms with van der Waals surface area (Å²) in [5, 5.41) is 3.84. The van der Waals surface area contributed by atoms with Crippen molar-refractivity contribution >= 4 is 38.8 Å². The van der Waals surface area contributed by atoms with E-state index in [1.54, 1.807) is 0 Å². The van der Waals surface area contributed by atoms with Crippen LogP contribution < -0.4 is 26.4 Å². The molecule has 0 aliphatic carbocycles. The number of pyridine rings is 1. The fourth-order valence-corrected chi connectivity index (χ4v) is 5.20. The van der Waals surface area contributed by atoms with E-state index in [2.05, 4.69) is 10.3 Å². The number of nitrogens with two attached hydrogens (primary N) is 2. The number of nitrogens with zero attached hydrogens (tertiary/aromatic N) is 2. The van der Waals surface area contributed by atoms with Gasteiger partial charge in [-0.2, -0.15) is 0 Å². The predicted molar refractivity (Wildman–Crippen MR) is 121 cm³/mol. The van der Waals surface area contributed by atoms with Crippen LogP contribution in [-0.4, -0.2) is 48.8 Å². The Morgan fingerprint density at radius 1 is 1.32 bits per heavy atom. The molecule has 1 amide bonds. The smallest absolute Gasteiger partial charge is 0.263 e. The van der Waals surface area contributed by atoms with Gasteiger partial charge in [-0.15, -0.1) is 11.3 Å². The second kappa shape index (κ2) is 7.65. The van der Waals surface area contributed by atoms with Crippen LogP contribution in [-0.2, 0) is 6.42 Å². The summed E-state index contributed by atoms with van der Waals surface area (Å²) in [5.74, 6) is 0.548. The molecule has 3 aromatic rings. The largest absolute Gasteiger partial charge is 0.491 e. The van der Waals surface area contributed by atoms with Crippen LogP contribution in [0.3, 0.4) is 0 Å². The van der Waals surface area contributed by atoms with E-state index in [1.165, 1.54) is 11.3 Å². The number of halogens is 1. The molecule has 162 valence electrons. The van der Waals surface area contributed by atoms with Crippen LogP contribution in [0.5, 0.6) is 5.75 Å². The number of anilines is 2. The number of alkyl halides is 1. The minimum absolute atomic E-state index is 0.166. The average molecular weight is 442 g/mol. The maximum absolute atomic E-state index is 13.8. The van der Waals surface area contributed by atoms with E-state index in [4.69, 9.17) is 16.2 Å². The van der Waals surface area contributed by atoms with E-state index in [1.807, 2.05) is 42.2 Å². The van der Waals surface area contributed by atoms with Crippen molar-refractivity contribution < 1.29 is 13.9 Å². The number of hydrogen-bond acceptors (Lipinski definition) is 7. The van der Waals surface area contributed by atoms with Gasteiger partial charge in [0.25, 0.3) is 5.91 Å². The van der Waals surface area contributed by atoms with Gasteiger partial charge in [0.2, 0.25) is 0 Å². The van der Waals surface area contributed by atoms with Crippen LogP contribution in [0.2, 0.25) is 0 Å². The second-order valence-corrected chi connectivity index (χ2v) is 9.21. The molecule has 3 atom stereocenters. The van der Waals surface area contributed by atoms with Crippen molar-refractivity contribution in [3.8, 4) is 5.75 Å². The molecule has 7 nitrogen and oxygen atoms in total. The van der Waals surface area contributed by atoms with Gasteiger partial charge in [0, 0.05) is 29.4 Å². The molecular formula is C22H24FN5O2S. The molecule has 9 heteroatoms. The summed E-state index contributed by atoms with van der Waals surface area (Å²) in [6, 6.07) is 9.01. The molecule has 31 heavy (non-hydrogen) atoms. The fraction of sp³-hybridized carbons (Fsp3) is 0.364. The van der Waals surface area contributed by atoms with E-state index >= 15 is 0 Å². The van der Waals surface area contributed by atoms with Crippen LogP contribution in [0, 0.1) is 6.92 Å². The Morgan fingerprint density at radius 3 is 2.94 bits per heavy atom. The van der Waals surface area contributed by atoms with E-state index in [0.717, 1.165) is 32.9 Å². The van der Waals surface area contributed by atoms with Gasteiger partial charge < -0.3 is 26.4 Å². The van der Waals surface area contributed by atoms with E-state index in [0.29, 0.717) is 36.7 Å². The maximum atomic E-state index is 13.8. The Labute approximate surface area is 183 Å². The number of carbonyl (C=O) groups excluding carboxylic acids is 1. The lowest BCUT2D eigenvalue weighted by atomic mass is 10.0. The SMILES string of the molecule is Cc1ccc2c(N)c(C(=O)N[C@H]3COc4cc(N5C[C@@H](N)[C@H](F)C5)ccc4C3)sc2n1. The molecule has 0 saturated carbocycles. The lowest BCUT2D eigenvalue weighted by Crippen LogP contribution is -2.42. The molecule has 0 spiro atoms. The van der Waals surface area contributed by atoms with Gasteiger partial charge >= 0.3 is 0 Å². The molecule has 1 saturated heterocycles. The Balaban J connectivity index is 1.29. The molecule has 5 rings (SSSR count). The molecule has 2 aliphatic heterocycles. The topological polar surface area (TPSA) is 106 Å². The van der Waals surface area contributed by atoms with Crippen molar-refractivity contribution in [2.75, 3.05) is 30.3 Å². The molecule has 0 radical (unpaired) electrons. The number of hydrogen-bond donors (Lipinski definition) is 3. The summed E-state index contributed by atoms with van der Waals surface area (Å²) in [4.78, 5) is 20.5. The normalized spacial score (nSPS) is 22.9. The van der Waals surface area contributed by atoms with Crippen LogP contribution in [0.4, 0.5) is 15.8 Å². The monoisotopic (exact) mass is 441 g/mol. The highest BCUT2D eigenvalue weighted by molar-refractivity contribution is 7.21. The zero-order valence-corrected chi connectivity index (χ0v) is 17.9. The lowest BCUT2D eigenvalue weighted by molar-refractivity contribution is 0.0920. The molecule has 5 N–H and O–H groups in total. The molecule has 0 unspecified atom stereocenters. The number of rotatable bonds is 3. The fourth-order valence-electron chi connectivity index (χ4n) is 4.16.